The normalized spacial score (nSPS) is 10.4. The molecule has 2 heterocycles. The standard InChI is InChI=1S/C14H16ClN3O2S/c1-2-14-18-11(9-21-14)7-12(19)16-5-6-20-13-4-3-10(15)8-17-13/h3-4,8-9H,2,5-7H2,1H3,(H,16,19). The highest BCUT2D eigenvalue weighted by Crippen LogP contribution is 2.11. The van der Waals surface area contributed by atoms with E-state index in [9.17, 15) is 4.79 Å². The summed E-state index contributed by atoms with van der Waals surface area (Å²) in [6.45, 7) is 2.83. The van der Waals surface area contributed by atoms with E-state index >= 15 is 0 Å². The number of hydrogen-bond acceptors (Lipinski definition) is 5. The first-order valence-corrected chi connectivity index (χ1v) is 7.87. The Morgan fingerprint density at radius 1 is 1.48 bits per heavy atom. The van der Waals surface area contributed by atoms with E-state index in [1.807, 2.05) is 12.3 Å². The number of amides is 1. The fourth-order valence-corrected chi connectivity index (χ4v) is 2.47. The third-order valence-corrected chi connectivity index (χ3v) is 3.88. The van der Waals surface area contributed by atoms with Gasteiger partial charge in [-0.2, -0.15) is 0 Å². The van der Waals surface area contributed by atoms with E-state index < -0.39 is 0 Å². The lowest BCUT2D eigenvalue weighted by Crippen LogP contribution is -2.29. The second-order valence-electron chi connectivity index (χ2n) is 4.28. The van der Waals surface area contributed by atoms with Gasteiger partial charge in [0.15, 0.2) is 0 Å². The first-order chi connectivity index (χ1) is 10.2. The summed E-state index contributed by atoms with van der Waals surface area (Å²) in [5.41, 5.74) is 0.814. The second-order valence-corrected chi connectivity index (χ2v) is 5.66. The highest BCUT2D eigenvalue weighted by Gasteiger charge is 2.06. The molecule has 0 fully saturated rings. The molecule has 0 radical (unpaired) electrons. The number of hydrogen-bond donors (Lipinski definition) is 1. The number of carbonyl (C=O) groups is 1. The Morgan fingerprint density at radius 3 is 3.00 bits per heavy atom. The number of thiazole rings is 1. The molecule has 0 aromatic carbocycles. The minimum absolute atomic E-state index is 0.0596. The lowest BCUT2D eigenvalue weighted by Gasteiger charge is -2.06. The van der Waals surface area contributed by atoms with Crippen molar-refractivity contribution in [2.45, 2.75) is 19.8 Å². The average Bonchev–Trinajstić information content (AvgIpc) is 2.93. The molecule has 1 N–H and O–H groups in total. The zero-order chi connectivity index (χ0) is 15.1. The number of aryl methyl sites for hydroxylation is 1. The number of nitrogens with one attached hydrogen (secondary N) is 1. The first kappa shape index (κ1) is 15.7. The van der Waals surface area contributed by atoms with Crippen LogP contribution in [0.2, 0.25) is 5.02 Å². The van der Waals surface area contributed by atoms with Crippen LogP contribution in [0.5, 0.6) is 5.88 Å². The Labute approximate surface area is 132 Å². The van der Waals surface area contributed by atoms with Crippen molar-refractivity contribution in [1.82, 2.24) is 15.3 Å². The Morgan fingerprint density at radius 2 is 2.33 bits per heavy atom. The van der Waals surface area contributed by atoms with Crippen LogP contribution in [0.4, 0.5) is 0 Å². The lowest BCUT2D eigenvalue weighted by molar-refractivity contribution is -0.120. The van der Waals surface area contributed by atoms with Crippen molar-refractivity contribution in [2.75, 3.05) is 13.2 Å². The van der Waals surface area contributed by atoms with Crippen molar-refractivity contribution < 1.29 is 9.53 Å². The molecule has 0 unspecified atom stereocenters. The molecule has 0 saturated carbocycles. The van der Waals surface area contributed by atoms with Gasteiger partial charge in [0.05, 0.1) is 28.7 Å². The van der Waals surface area contributed by atoms with E-state index in [-0.39, 0.29) is 5.91 Å². The predicted molar refractivity (Wildman–Crippen MR) is 82.9 cm³/mol. The van der Waals surface area contributed by atoms with E-state index in [0.717, 1.165) is 17.1 Å². The lowest BCUT2D eigenvalue weighted by atomic mass is 10.3. The largest absolute Gasteiger partial charge is 0.476 e. The molecule has 2 aromatic heterocycles. The van der Waals surface area contributed by atoms with E-state index in [0.29, 0.717) is 30.5 Å². The molecular weight excluding hydrogens is 310 g/mol. The van der Waals surface area contributed by atoms with Gasteiger partial charge < -0.3 is 10.1 Å². The Hall–Kier alpha value is -1.66. The maximum atomic E-state index is 11.7. The fraction of sp³-hybridized carbons (Fsp3) is 0.357. The minimum Gasteiger partial charge on any atom is -0.476 e. The van der Waals surface area contributed by atoms with Crippen LogP contribution in [-0.4, -0.2) is 29.0 Å². The number of carbonyl (C=O) groups excluding carboxylic acids is 1. The third-order valence-electron chi connectivity index (χ3n) is 2.62. The van der Waals surface area contributed by atoms with Crippen LogP contribution in [-0.2, 0) is 17.6 Å². The van der Waals surface area contributed by atoms with Gasteiger partial charge in [-0.25, -0.2) is 9.97 Å². The molecule has 7 heteroatoms. The predicted octanol–water partition coefficient (Wildman–Crippen LogP) is 2.49. The zero-order valence-corrected chi connectivity index (χ0v) is 13.2. The summed E-state index contributed by atoms with van der Waals surface area (Å²) < 4.78 is 5.39. The maximum Gasteiger partial charge on any atom is 0.226 e. The molecular formula is C14H16ClN3O2S. The monoisotopic (exact) mass is 325 g/mol. The first-order valence-electron chi connectivity index (χ1n) is 6.61. The summed E-state index contributed by atoms with van der Waals surface area (Å²) in [6, 6.07) is 3.39. The molecule has 2 rings (SSSR count). The highest BCUT2D eigenvalue weighted by molar-refractivity contribution is 7.09. The number of ether oxygens (including phenoxy) is 1. The van der Waals surface area contributed by atoms with Gasteiger partial charge in [0, 0.05) is 17.6 Å². The molecule has 0 saturated heterocycles. The van der Waals surface area contributed by atoms with Crippen molar-refractivity contribution in [2.24, 2.45) is 0 Å². The Balaban J connectivity index is 1.66. The van der Waals surface area contributed by atoms with E-state index in [1.165, 1.54) is 6.20 Å². The molecule has 112 valence electrons. The van der Waals surface area contributed by atoms with Gasteiger partial charge in [0.1, 0.15) is 6.61 Å². The van der Waals surface area contributed by atoms with Crippen molar-refractivity contribution in [3.8, 4) is 5.88 Å². The zero-order valence-electron chi connectivity index (χ0n) is 11.6. The number of halogens is 1. The number of aromatic nitrogens is 2. The summed E-state index contributed by atoms with van der Waals surface area (Å²) in [4.78, 5) is 20.1. The van der Waals surface area contributed by atoms with E-state index in [4.69, 9.17) is 16.3 Å². The molecule has 0 aliphatic rings. The summed E-state index contributed by atoms with van der Waals surface area (Å²) >= 11 is 7.31. The van der Waals surface area contributed by atoms with Crippen molar-refractivity contribution >= 4 is 28.8 Å². The summed E-state index contributed by atoms with van der Waals surface area (Å²) in [5.74, 6) is 0.427. The Bertz CT molecular complexity index is 586. The molecule has 21 heavy (non-hydrogen) atoms. The third kappa shape index (κ3) is 5.32. The quantitative estimate of drug-likeness (QED) is 0.794. The fourth-order valence-electron chi connectivity index (χ4n) is 1.61. The smallest absolute Gasteiger partial charge is 0.226 e. The molecule has 0 spiro atoms. The highest BCUT2D eigenvalue weighted by atomic mass is 35.5. The van der Waals surface area contributed by atoms with Crippen LogP contribution < -0.4 is 10.1 Å². The molecule has 1 amide bonds. The van der Waals surface area contributed by atoms with Crippen LogP contribution >= 0.6 is 22.9 Å². The minimum atomic E-state index is -0.0596. The van der Waals surface area contributed by atoms with Gasteiger partial charge in [0.25, 0.3) is 0 Å². The van der Waals surface area contributed by atoms with Crippen molar-refractivity contribution in [3.05, 3.63) is 39.4 Å². The number of pyridine rings is 1. The SMILES string of the molecule is CCc1nc(CC(=O)NCCOc2ccc(Cl)cn2)cs1. The molecule has 5 nitrogen and oxygen atoms in total. The van der Waals surface area contributed by atoms with Crippen LogP contribution in [0.25, 0.3) is 0 Å². The van der Waals surface area contributed by atoms with Gasteiger partial charge in [-0.05, 0) is 12.5 Å². The number of rotatable bonds is 7. The van der Waals surface area contributed by atoms with Gasteiger partial charge in [-0.15, -0.1) is 11.3 Å². The average molecular weight is 326 g/mol. The molecule has 2 aromatic rings. The second kappa shape index (κ2) is 7.95. The van der Waals surface area contributed by atoms with Gasteiger partial charge >= 0.3 is 0 Å². The maximum absolute atomic E-state index is 11.7. The topological polar surface area (TPSA) is 64.1 Å². The number of nitrogens with zero attached hydrogens (tertiary/aromatic N) is 2. The van der Waals surface area contributed by atoms with Gasteiger partial charge in [-0.1, -0.05) is 18.5 Å². The van der Waals surface area contributed by atoms with Gasteiger partial charge in [0.2, 0.25) is 11.8 Å². The van der Waals surface area contributed by atoms with Gasteiger partial charge in [-0.3, -0.25) is 4.79 Å². The van der Waals surface area contributed by atoms with Crippen molar-refractivity contribution in [3.63, 3.8) is 0 Å². The van der Waals surface area contributed by atoms with Crippen LogP contribution in [0, 0.1) is 0 Å². The summed E-state index contributed by atoms with van der Waals surface area (Å²) in [6.07, 6.45) is 2.72. The van der Waals surface area contributed by atoms with E-state index in [1.54, 1.807) is 23.5 Å². The Kier molecular flexibility index (Phi) is 5.95. The van der Waals surface area contributed by atoms with Crippen LogP contribution in [0.15, 0.2) is 23.7 Å². The molecule has 0 aliphatic carbocycles. The summed E-state index contributed by atoms with van der Waals surface area (Å²) in [7, 11) is 0. The summed E-state index contributed by atoms with van der Waals surface area (Å²) in [5, 5.41) is 6.32. The molecule has 0 aliphatic heterocycles. The van der Waals surface area contributed by atoms with Crippen LogP contribution in [0.3, 0.4) is 0 Å². The molecule has 0 atom stereocenters. The van der Waals surface area contributed by atoms with Crippen LogP contribution in [0.1, 0.15) is 17.6 Å². The molecule has 0 bridgehead atoms. The van der Waals surface area contributed by atoms with E-state index in [2.05, 4.69) is 15.3 Å². The van der Waals surface area contributed by atoms with Crippen molar-refractivity contribution in [1.29, 1.82) is 0 Å².